The van der Waals surface area contributed by atoms with E-state index in [1.807, 2.05) is 6.92 Å². The zero-order valence-corrected chi connectivity index (χ0v) is 11.0. The van der Waals surface area contributed by atoms with E-state index in [-0.39, 0.29) is 12.5 Å². The summed E-state index contributed by atoms with van der Waals surface area (Å²) in [5.74, 6) is -0.822. The van der Waals surface area contributed by atoms with E-state index in [9.17, 15) is 4.79 Å². The molecule has 0 radical (unpaired) electrons. The minimum absolute atomic E-state index is 0.0775. The Labute approximate surface area is 108 Å². The Morgan fingerprint density at radius 3 is 2.82 bits per heavy atom. The first-order valence-electron chi connectivity index (χ1n) is 5.24. The van der Waals surface area contributed by atoms with Gasteiger partial charge in [-0.1, -0.05) is 6.92 Å². The number of halogens is 1. The Kier molecular flexibility index (Phi) is 4.98. The Morgan fingerprint density at radius 1 is 1.65 bits per heavy atom. The summed E-state index contributed by atoms with van der Waals surface area (Å²) >= 11 is 3.29. The molecule has 0 spiro atoms. The average Bonchev–Trinajstić information content (AvgIpc) is 2.27. The third-order valence-corrected chi connectivity index (χ3v) is 3.03. The lowest BCUT2D eigenvalue weighted by Crippen LogP contribution is -2.22. The quantitative estimate of drug-likeness (QED) is 0.876. The lowest BCUT2D eigenvalue weighted by atomic mass is 10.1. The molecule has 0 aromatic heterocycles. The van der Waals surface area contributed by atoms with Crippen LogP contribution in [0.3, 0.4) is 0 Å². The van der Waals surface area contributed by atoms with Crippen LogP contribution >= 0.6 is 15.9 Å². The highest BCUT2D eigenvalue weighted by molar-refractivity contribution is 9.10. The second-order valence-corrected chi connectivity index (χ2v) is 4.51. The number of aliphatic carboxylic acids is 1. The number of nitriles is 1. The molecule has 0 heterocycles. The van der Waals surface area contributed by atoms with Crippen LogP contribution in [-0.4, -0.2) is 17.1 Å². The van der Waals surface area contributed by atoms with E-state index in [1.165, 1.54) is 0 Å². The first-order chi connectivity index (χ1) is 8.06. The van der Waals surface area contributed by atoms with Gasteiger partial charge in [0.15, 0.2) is 0 Å². The number of rotatable bonds is 5. The maximum absolute atomic E-state index is 10.6. The van der Waals surface area contributed by atoms with Crippen molar-refractivity contribution in [3.05, 3.63) is 28.2 Å². The number of anilines is 1. The highest BCUT2D eigenvalue weighted by atomic mass is 79.9. The van der Waals surface area contributed by atoms with Gasteiger partial charge in [0.05, 0.1) is 12.0 Å². The van der Waals surface area contributed by atoms with Crippen LogP contribution < -0.4 is 5.32 Å². The van der Waals surface area contributed by atoms with Crippen molar-refractivity contribution >= 4 is 27.6 Å². The largest absolute Gasteiger partial charge is 0.481 e. The fraction of sp³-hybridized carbons (Fsp3) is 0.333. The summed E-state index contributed by atoms with van der Waals surface area (Å²) in [7, 11) is 0. The fourth-order valence-electron chi connectivity index (χ4n) is 1.44. The maximum atomic E-state index is 10.6. The topological polar surface area (TPSA) is 73.1 Å². The van der Waals surface area contributed by atoms with E-state index in [0.717, 1.165) is 12.1 Å². The molecule has 1 atom stereocenters. The zero-order valence-electron chi connectivity index (χ0n) is 9.40. The molecule has 0 saturated carbocycles. The molecule has 0 saturated heterocycles. The summed E-state index contributed by atoms with van der Waals surface area (Å²) in [5.41, 5.74) is 1.37. The van der Waals surface area contributed by atoms with Gasteiger partial charge < -0.3 is 10.4 Å². The Bertz CT molecular complexity index is 454. The summed E-state index contributed by atoms with van der Waals surface area (Å²) in [4.78, 5) is 10.6. The van der Waals surface area contributed by atoms with Crippen LogP contribution in [-0.2, 0) is 4.79 Å². The van der Waals surface area contributed by atoms with Crippen molar-refractivity contribution < 1.29 is 9.90 Å². The molecule has 4 nitrogen and oxygen atoms in total. The molecule has 1 aromatic carbocycles. The Balaban J connectivity index is 2.77. The van der Waals surface area contributed by atoms with Gasteiger partial charge in [-0.15, -0.1) is 0 Å². The predicted octanol–water partition coefficient (Wildman–Crippen LogP) is 2.99. The molecule has 0 amide bonds. The zero-order chi connectivity index (χ0) is 12.8. The smallest absolute Gasteiger partial charge is 0.305 e. The van der Waals surface area contributed by atoms with Crippen LogP contribution in [0, 0.1) is 11.3 Å². The third-order valence-electron chi connectivity index (χ3n) is 2.37. The van der Waals surface area contributed by atoms with Crippen molar-refractivity contribution in [1.29, 1.82) is 5.26 Å². The molecule has 17 heavy (non-hydrogen) atoms. The molecule has 2 N–H and O–H groups in total. The normalized spacial score (nSPS) is 11.6. The number of hydrogen-bond acceptors (Lipinski definition) is 3. The van der Waals surface area contributed by atoms with E-state index >= 15 is 0 Å². The highest BCUT2D eigenvalue weighted by Gasteiger charge is 2.11. The SMILES string of the molecule is CCC(CC(=O)O)Nc1ccc(C#N)c(Br)c1. The maximum Gasteiger partial charge on any atom is 0.305 e. The number of benzene rings is 1. The molecule has 1 aromatic rings. The second-order valence-electron chi connectivity index (χ2n) is 3.65. The summed E-state index contributed by atoms with van der Waals surface area (Å²) in [5, 5.41) is 20.6. The van der Waals surface area contributed by atoms with Gasteiger partial charge in [-0.05, 0) is 40.5 Å². The molecule has 0 fully saturated rings. The number of hydrogen-bond donors (Lipinski definition) is 2. The van der Waals surface area contributed by atoms with Crippen LogP contribution in [0.5, 0.6) is 0 Å². The minimum Gasteiger partial charge on any atom is -0.481 e. The number of carbonyl (C=O) groups is 1. The molecule has 0 aliphatic carbocycles. The molecule has 0 aliphatic heterocycles. The van der Waals surface area contributed by atoms with Gasteiger partial charge in [0, 0.05) is 16.2 Å². The van der Waals surface area contributed by atoms with E-state index in [2.05, 4.69) is 27.3 Å². The first kappa shape index (κ1) is 13.5. The fourth-order valence-corrected chi connectivity index (χ4v) is 1.91. The number of nitrogens with one attached hydrogen (secondary N) is 1. The van der Waals surface area contributed by atoms with Gasteiger partial charge in [0.1, 0.15) is 6.07 Å². The first-order valence-corrected chi connectivity index (χ1v) is 6.04. The van der Waals surface area contributed by atoms with Crippen LogP contribution in [0.15, 0.2) is 22.7 Å². The molecule has 1 unspecified atom stereocenters. The second kappa shape index (κ2) is 6.26. The van der Waals surface area contributed by atoms with Gasteiger partial charge in [-0.25, -0.2) is 0 Å². The molecule has 5 heteroatoms. The molecular formula is C12H13BrN2O2. The van der Waals surface area contributed by atoms with E-state index < -0.39 is 5.97 Å². The minimum atomic E-state index is -0.822. The number of nitrogens with zero attached hydrogens (tertiary/aromatic N) is 1. The molecular weight excluding hydrogens is 284 g/mol. The van der Waals surface area contributed by atoms with Crippen molar-refractivity contribution in [1.82, 2.24) is 0 Å². The highest BCUT2D eigenvalue weighted by Crippen LogP contribution is 2.22. The van der Waals surface area contributed by atoms with Crippen molar-refractivity contribution in [2.24, 2.45) is 0 Å². The number of carboxylic acids is 1. The summed E-state index contributed by atoms with van der Waals surface area (Å²) in [6.07, 6.45) is 0.804. The van der Waals surface area contributed by atoms with Gasteiger partial charge in [0.2, 0.25) is 0 Å². The lowest BCUT2D eigenvalue weighted by Gasteiger charge is -2.16. The van der Waals surface area contributed by atoms with Crippen LogP contribution in [0.2, 0.25) is 0 Å². The lowest BCUT2D eigenvalue weighted by molar-refractivity contribution is -0.137. The van der Waals surface area contributed by atoms with Gasteiger partial charge in [-0.2, -0.15) is 5.26 Å². The van der Waals surface area contributed by atoms with Crippen molar-refractivity contribution in [3.63, 3.8) is 0 Å². The van der Waals surface area contributed by atoms with Crippen LogP contribution in [0.4, 0.5) is 5.69 Å². The molecule has 90 valence electrons. The monoisotopic (exact) mass is 296 g/mol. The Morgan fingerprint density at radius 2 is 2.35 bits per heavy atom. The summed E-state index contributed by atoms with van der Waals surface area (Å²) < 4.78 is 0.704. The van der Waals surface area contributed by atoms with Gasteiger partial charge in [-0.3, -0.25) is 4.79 Å². The van der Waals surface area contributed by atoms with E-state index in [1.54, 1.807) is 18.2 Å². The summed E-state index contributed by atoms with van der Waals surface area (Å²) in [6, 6.07) is 7.20. The average molecular weight is 297 g/mol. The Hall–Kier alpha value is -1.54. The van der Waals surface area contributed by atoms with E-state index in [0.29, 0.717) is 10.0 Å². The van der Waals surface area contributed by atoms with Crippen LogP contribution in [0.1, 0.15) is 25.3 Å². The van der Waals surface area contributed by atoms with Crippen LogP contribution in [0.25, 0.3) is 0 Å². The van der Waals surface area contributed by atoms with Crippen molar-refractivity contribution in [2.45, 2.75) is 25.8 Å². The molecule has 1 rings (SSSR count). The van der Waals surface area contributed by atoms with Gasteiger partial charge >= 0.3 is 5.97 Å². The van der Waals surface area contributed by atoms with Crippen molar-refractivity contribution in [2.75, 3.05) is 5.32 Å². The van der Waals surface area contributed by atoms with Gasteiger partial charge in [0.25, 0.3) is 0 Å². The predicted molar refractivity (Wildman–Crippen MR) is 68.8 cm³/mol. The summed E-state index contributed by atoms with van der Waals surface area (Å²) in [6.45, 7) is 1.93. The third kappa shape index (κ3) is 4.08. The van der Waals surface area contributed by atoms with Crippen molar-refractivity contribution in [3.8, 4) is 6.07 Å². The standard InChI is InChI=1S/C12H13BrN2O2/c1-2-9(6-12(16)17)15-10-4-3-8(7-14)11(13)5-10/h3-5,9,15H,2,6H2,1H3,(H,16,17). The van der Waals surface area contributed by atoms with E-state index in [4.69, 9.17) is 10.4 Å². The number of carboxylic acid groups (broad SMARTS) is 1. The molecule has 0 bridgehead atoms. The molecule has 0 aliphatic rings.